The summed E-state index contributed by atoms with van der Waals surface area (Å²) in [7, 11) is -3.93. The van der Waals surface area contributed by atoms with Gasteiger partial charge in [-0.15, -0.1) is 0 Å². The molecule has 0 bridgehead atoms. The summed E-state index contributed by atoms with van der Waals surface area (Å²) >= 11 is 0. The fourth-order valence-electron chi connectivity index (χ4n) is 3.44. The topological polar surface area (TPSA) is 78.0 Å². The standard InChI is InChI=1S/C18H24FN3O4S/c19-15-6-3-4-7-16(15)27(25,26)22-12-10-20(11-13-22)18(24)14-21-9-5-1-2-8-17(21)23/h3-4,6-7H,1-2,5,8-14H2. The van der Waals surface area contributed by atoms with Gasteiger partial charge in [-0.05, 0) is 25.0 Å². The van der Waals surface area contributed by atoms with Crippen molar-refractivity contribution in [3.8, 4) is 0 Å². The van der Waals surface area contributed by atoms with E-state index in [4.69, 9.17) is 0 Å². The van der Waals surface area contributed by atoms with Crippen molar-refractivity contribution < 1.29 is 22.4 Å². The second kappa shape index (κ2) is 8.35. The summed E-state index contributed by atoms with van der Waals surface area (Å²) in [6.07, 6.45) is 3.22. The molecule has 1 aromatic carbocycles. The number of benzene rings is 1. The van der Waals surface area contributed by atoms with Crippen molar-refractivity contribution in [3.05, 3.63) is 30.1 Å². The van der Waals surface area contributed by atoms with Crippen molar-refractivity contribution >= 4 is 21.8 Å². The van der Waals surface area contributed by atoms with E-state index in [1.807, 2.05) is 0 Å². The van der Waals surface area contributed by atoms with Crippen LogP contribution in [0.3, 0.4) is 0 Å². The molecule has 2 amide bonds. The molecule has 0 atom stereocenters. The minimum absolute atomic E-state index is 0.00150. The second-order valence-corrected chi connectivity index (χ2v) is 8.75. The number of halogens is 1. The summed E-state index contributed by atoms with van der Waals surface area (Å²) in [5.74, 6) is -0.953. The molecule has 0 saturated carbocycles. The molecule has 2 heterocycles. The zero-order valence-corrected chi connectivity index (χ0v) is 16.0. The number of carbonyl (C=O) groups excluding carboxylic acids is 2. The maximum absolute atomic E-state index is 13.9. The van der Waals surface area contributed by atoms with Gasteiger partial charge in [0.05, 0.1) is 6.54 Å². The van der Waals surface area contributed by atoms with Crippen LogP contribution in [0, 0.1) is 5.82 Å². The maximum Gasteiger partial charge on any atom is 0.246 e. The van der Waals surface area contributed by atoms with Crippen LogP contribution in [-0.4, -0.2) is 73.6 Å². The minimum atomic E-state index is -3.93. The lowest BCUT2D eigenvalue weighted by Crippen LogP contribution is -2.53. The first-order chi connectivity index (χ1) is 12.9. The van der Waals surface area contributed by atoms with Crippen LogP contribution in [-0.2, 0) is 19.6 Å². The first kappa shape index (κ1) is 19.8. The Labute approximate surface area is 158 Å². The minimum Gasteiger partial charge on any atom is -0.339 e. The van der Waals surface area contributed by atoms with Crippen LogP contribution in [0.1, 0.15) is 25.7 Å². The predicted molar refractivity (Wildman–Crippen MR) is 96.8 cm³/mol. The van der Waals surface area contributed by atoms with E-state index in [0.29, 0.717) is 13.0 Å². The van der Waals surface area contributed by atoms with Crippen LogP contribution in [0.15, 0.2) is 29.2 Å². The average molecular weight is 397 g/mol. The van der Waals surface area contributed by atoms with Crippen LogP contribution >= 0.6 is 0 Å². The Morgan fingerprint density at radius 2 is 1.70 bits per heavy atom. The van der Waals surface area contributed by atoms with E-state index in [-0.39, 0.29) is 49.4 Å². The van der Waals surface area contributed by atoms with Gasteiger partial charge in [0.2, 0.25) is 21.8 Å². The molecule has 0 aromatic heterocycles. The molecule has 2 fully saturated rings. The van der Waals surface area contributed by atoms with E-state index in [1.54, 1.807) is 9.80 Å². The van der Waals surface area contributed by atoms with E-state index < -0.39 is 15.8 Å². The number of nitrogens with zero attached hydrogens (tertiary/aromatic N) is 3. The molecule has 1 aromatic rings. The summed E-state index contributed by atoms with van der Waals surface area (Å²) in [6, 6.07) is 5.28. The maximum atomic E-state index is 13.9. The van der Waals surface area contributed by atoms with Gasteiger partial charge in [-0.3, -0.25) is 9.59 Å². The summed E-state index contributed by atoms with van der Waals surface area (Å²) in [4.78, 5) is 27.4. The Hall–Kier alpha value is -2.00. The van der Waals surface area contributed by atoms with Crippen molar-refractivity contribution in [2.24, 2.45) is 0 Å². The molecule has 7 nitrogen and oxygen atoms in total. The van der Waals surface area contributed by atoms with Gasteiger partial charge >= 0.3 is 0 Å². The van der Waals surface area contributed by atoms with E-state index in [0.717, 1.165) is 25.3 Å². The number of hydrogen-bond acceptors (Lipinski definition) is 4. The lowest BCUT2D eigenvalue weighted by atomic mass is 10.2. The number of hydrogen-bond donors (Lipinski definition) is 0. The zero-order valence-electron chi connectivity index (χ0n) is 15.1. The highest BCUT2D eigenvalue weighted by molar-refractivity contribution is 7.89. The van der Waals surface area contributed by atoms with Gasteiger partial charge in [0.15, 0.2) is 0 Å². The van der Waals surface area contributed by atoms with Crippen molar-refractivity contribution in [1.82, 2.24) is 14.1 Å². The van der Waals surface area contributed by atoms with E-state index in [1.165, 1.54) is 22.5 Å². The molecule has 2 saturated heterocycles. The third-order valence-corrected chi connectivity index (χ3v) is 6.98. The van der Waals surface area contributed by atoms with E-state index >= 15 is 0 Å². The number of piperazine rings is 1. The van der Waals surface area contributed by atoms with Crippen LogP contribution < -0.4 is 0 Å². The van der Waals surface area contributed by atoms with Crippen molar-refractivity contribution in [3.63, 3.8) is 0 Å². The van der Waals surface area contributed by atoms with Gasteiger partial charge in [0, 0.05) is 39.1 Å². The third-order valence-electron chi connectivity index (χ3n) is 5.04. The fourth-order valence-corrected chi connectivity index (χ4v) is 4.93. The molecule has 148 valence electrons. The summed E-state index contributed by atoms with van der Waals surface area (Å²) in [6.45, 7) is 1.31. The number of sulfonamides is 1. The molecule has 0 spiro atoms. The third kappa shape index (κ3) is 4.47. The van der Waals surface area contributed by atoms with Crippen molar-refractivity contribution in [2.45, 2.75) is 30.6 Å². The molecular formula is C18H24FN3O4S. The molecule has 0 radical (unpaired) electrons. The van der Waals surface area contributed by atoms with Gasteiger partial charge in [0.25, 0.3) is 0 Å². The van der Waals surface area contributed by atoms with Gasteiger partial charge in [-0.2, -0.15) is 4.31 Å². The lowest BCUT2D eigenvalue weighted by Gasteiger charge is -2.35. The second-order valence-electron chi connectivity index (χ2n) is 6.84. The Morgan fingerprint density at radius 1 is 1.00 bits per heavy atom. The molecular weight excluding hydrogens is 373 g/mol. The number of likely N-dealkylation sites (tertiary alicyclic amines) is 1. The molecule has 0 aliphatic carbocycles. The Balaban J connectivity index is 1.59. The lowest BCUT2D eigenvalue weighted by molar-refractivity contribution is -0.140. The fraction of sp³-hybridized carbons (Fsp3) is 0.556. The monoisotopic (exact) mass is 397 g/mol. The largest absolute Gasteiger partial charge is 0.339 e. The highest BCUT2D eigenvalue weighted by Crippen LogP contribution is 2.20. The van der Waals surface area contributed by atoms with Gasteiger partial charge < -0.3 is 9.80 Å². The highest BCUT2D eigenvalue weighted by atomic mass is 32.2. The Kier molecular flexibility index (Phi) is 6.11. The first-order valence-corrected chi connectivity index (χ1v) is 10.6. The first-order valence-electron chi connectivity index (χ1n) is 9.20. The Morgan fingerprint density at radius 3 is 2.41 bits per heavy atom. The highest BCUT2D eigenvalue weighted by Gasteiger charge is 2.32. The number of rotatable bonds is 4. The summed E-state index contributed by atoms with van der Waals surface area (Å²) in [5, 5.41) is 0. The van der Waals surface area contributed by atoms with Crippen LogP contribution in [0.5, 0.6) is 0 Å². The summed E-state index contributed by atoms with van der Waals surface area (Å²) in [5.41, 5.74) is 0. The van der Waals surface area contributed by atoms with Gasteiger partial charge in [0.1, 0.15) is 10.7 Å². The summed E-state index contributed by atoms with van der Waals surface area (Å²) < 4.78 is 40.3. The molecule has 0 unspecified atom stereocenters. The smallest absolute Gasteiger partial charge is 0.246 e. The zero-order chi connectivity index (χ0) is 19.4. The Bertz CT molecular complexity index is 807. The number of carbonyl (C=O) groups is 2. The molecule has 9 heteroatoms. The SMILES string of the molecule is O=C(CN1CCCCCC1=O)N1CCN(S(=O)(=O)c2ccccc2F)CC1. The predicted octanol–water partition coefficient (Wildman–Crippen LogP) is 1.06. The van der Waals surface area contributed by atoms with E-state index in [9.17, 15) is 22.4 Å². The molecule has 2 aliphatic heterocycles. The molecule has 3 rings (SSSR count). The van der Waals surface area contributed by atoms with Gasteiger partial charge in [-0.25, -0.2) is 12.8 Å². The quantitative estimate of drug-likeness (QED) is 0.761. The number of amides is 2. The molecule has 27 heavy (non-hydrogen) atoms. The van der Waals surface area contributed by atoms with Crippen LogP contribution in [0.25, 0.3) is 0 Å². The normalized spacial score (nSPS) is 19.8. The average Bonchev–Trinajstić information content (AvgIpc) is 2.86. The van der Waals surface area contributed by atoms with Gasteiger partial charge in [-0.1, -0.05) is 18.6 Å². The van der Waals surface area contributed by atoms with Crippen LogP contribution in [0.4, 0.5) is 4.39 Å². The van der Waals surface area contributed by atoms with Crippen molar-refractivity contribution in [2.75, 3.05) is 39.3 Å². The van der Waals surface area contributed by atoms with Crippen molar-refractivity contribution in [1.29, 1.82) is 0 Å². The van der Waals surface area contributed by atoms with E-state index in [2.05, 4.69) is 0 Å². The molecule has 2 aliphatic rings. The molecule has 0 N–H and O–H groups in total. The van der Waals surface area contributed by atoms with Crippen LogP contribution in [0.2, 0.25) is 0 Å².